The Hall–Kier alpha value is -1.81. The van der Waals surface area contributed by atoms with Crippen LogP contribution in [0.3, 0.4) is 0 Å². The quantitative estimate of drug-likeness (QED) is 0.846. The van der Waals surface area contributed by atoms with Gasteiger partial charge in [-0.1, -0.05) is 12.1 Å². The molecule has 1 heterocycles. The van der Waals surface area contributed by atoms with Crippen molar-refractivity contribution in [2.75, 3.05) is 12.4 Å². The lowest BCUT2D eigenvalue weighted by Crippen LogP contribution is -2.12. The Morgan fingerprint density at radius 3 is 2.88 bits per heavy atom. The van der Waals surface area contributed by atoms with Crippen molar-refractivity contribution in [3.05, 3.63) is 36.7 Å². The molecule has 0 radical (unpaired) electrons. The third-order valence-corrected chi connectivity index (χ3v) is 2.61. The lowest BCUT2D eigenvalue weighted by atomic mass is 10.1. The van der Waals surface area contributed by atoms with Gasteiger partial charge in [0.25, 0.3) is 0 Å². The molecule has 0 spiro atoms. The van der Waals surface area contributed by atoms with Gasteiger partial charge in [0.15, 0.2) is 0 Å². The van der Waals surface area contributed by atoms with Gasteiger partial charge in [-0.05, 0) is 19.1 Å². The van der Waals surface area contributed by atoms with Gasteiger partial charge in [-0.15, -0.1) is 0 Å². The summed E-state index contributed by atoms with van der Waals surface area (Å²) in [6, 6.07) is 8.00. The fourth-order valence-corrected chi connectivity index (χ4v) is 1.88. The van der Waals surface area contributed by atoms with Crippen molar-refractivity contribution in [2.24, 2.45) is 0 Å². The number of hydrogen-bond donors (Lipinski definition) is 2. The largest absolute Gasteiger partial charge is 0.392 e. The van der Waals surface area contributed by atoms with Crippen molar-refractivity contribution in [1.29, 1.82) is 0 Å². The van der Waals surface area contributed by atoms with E-state index in [1.807, 2.05) is 42.1 Å². The van der Waals surface area contributed by atoms with E-state index in [9.17, 15) is 5.11 Å². The summed E-state index contributed by atoms with van der Waals surface area (Å²) in [6.45, 7) is 2.32. The number of imidazole rings is 1. The van der Waals surface area contributed by atoms with E-state index in [4.69, 9.17) is 0 Å². The molecule has 0 aliphatic rings. The highest BCUT2D eigenvalue weighted by Crippen LogP contribution is 2.26. The standard InChI is InChI=1S/C13H17N3O/c1-10(17)9-16-8-7-15-13(16)11-5-3-4-6-12(11)14-2/h3-8,10,14,17H,9H2,1-2H3/t10-/m1/s1. The number of aliphatic hydroxyl groups excluding tert-OH is 1. The predicted molar refractivity (Wildman–Crippen MR) is 68.9 cm³/mol. The Labute approximate surface area is 101 Å². The van der Waals surface area contributed by atoms with E-state index in [-0.39, 0.29) is 6.10 Å². The molecule has 90 valence electrons. The van der Waals surface area contributed by atoms with Crippen molar-refractivity contribution in [2.45, 2.75) is 19.6 Å². The van der Waals surface area contributed by atoms with E-state index < -0.39 is 0 Å². The number of anilines is 1. The van der Waals surface area contributed by atoms with Gasteiger partial charge < -0.3 is 15.0 Å². The van der Waals surface area contributed by atoms with Crippen LogP contribution < -0.4 is 5.32 Å². The lowest BCUT2D eigenvalue weighted by Gasteiger charge is -2.12. The molecule has 0 aliphatic heterocycles. The Kier molecular flexibility index (Phi) is 3.44. The second-order valence-electron chi connectivity index (χ2n) is 4.05. The van der Waals surface area contributed by atoms with Crippen molar-refractivity contribution in [3.8, 4) is 11.4 Å². The zero-order valence-electron chi connectivity index (χ0n) is 10.1. The third kappa shape index (κ3) is 2.47. The van der Waals surface area contributed by atoms with Gasteiger partial charge in [0.2, 0.25) is 0 Å². The summed E-state index contributed by atoms with van der Waals surface area (Å²) < 4.78 is 1.96. The number of aromatic nitrogens is 2. The molecule has 17 heavy (non-hydrogen) atoms. The Bertz CT molecular complexity index is 491. The molecular weight excluding hydrogens is 214 g/mol. The second-order valence-corrected chi connectivity index (χ2v) is 4.05. The van der Waals surface area contributed by atoms with Crippen LogP contribution in [0, 0.1) is 0 Å². The molecule has 0 saturated carbocycles. The number of benzene rings is 1. The van der Waals surface area contributed by atoms with Crippen LogP contribution in [0.1, 0.15) is 6.92 Å². The molecule has 0 fully saturated rings. The van der Waals surface area contributed by atoms with Gasteiger partial charge in [-0.3, -0.25) is 0 Å². The molecule has 1 aromatic heterocycles. The average molecular weight is 231 g/mol. The second kappa shape index (κ2) is 5.01. The highest BCUT2D eigenvalue weighted by atomic mass is 16.3. The first-order chi connectivity index (χ1) is 8.22. The van der Waals surface area contributed by atoms with Crippen LogP contribution in [-0.2, 0) is 6.54 Å². The maximum Gasteiger partial charge on any atom is 0.142 e. The first kappa shape index (κ1) is 11.7. The summed E-state index contributed by atoms with van der Waals surface area (Å²) >= 11 is 0. The number of nitrogens with one attached hydrogen (secondary N) is 1. The fraction of sp³-hybridized carbons (Fsp3) is 0.308. The zero-order valence-corrected chi connectivity index (χ0v) is 10.1. The summed E-state index contributed by atoms with van der Waals surface area (Å²) in [5.41, 5.74) is 2.08. The molecule has 0 saturated heterocycles. The van der Waals surface area contributed by atoms with E-state index in [1.165, 1.54) is 0 Å². The van der Waals surface area contributed by atoms with Crippen LogP contribution in [0.25, 0.3) is 11.4 Å². The van der Waals surface area contributed by atoms with Crippen LogP contribution in [-0.4, -0.2) is 27.8 Å². The molecule has 0 unspecified atom stereocenters. The van der Waals surface area contributed by atoms with E-state index in [0.29, 0.717) is 6.54 Å². The Morgan fingerprint density at radius 2 is 2.18 bits per heavy atom. The first-order valence-electron chi connectivity index (χ1n) is 5.68. The molecule has 4 nitrogen and oxygen atoms in total. The number of hydrogen-bond acceptors (Lipinski definition) is 3. The summed E-state index contributed by atoms with van der Waals surface area (Å²) in [5, 5.41) is 12.6. The van der Waals surface area contributed by atoms with Gasteiger partial charge in [0, 0.05) is 37.2 Å². The maximum absolute atomic E-state index is 9.46. The minimum Gasteiger partial charge on any atom is -0.392 e. The highest BCUT2D eigenvalue weighted by Gasteiger charge is 2.10. The van der Waals surface area contributed by atoms with Crippen LogP contribution in [0.2, 0.25) is 0 Å². The minimum atomic E-state index is -0.385. The van der Waals surface area contributed by atoms with Gasteiger partial charge in [0.05, 0.1) is 6.10 Å². The van der Waals surface area contributed by atoms with Gasteiger partial charge in [-0.2, -0.15) is 0 Å². The van der Waals surface area contributed by atoms with Crippen LogP contribution in [0.5, 0.6) is 0 Å². The zero-order chi connectivity index (χ0) is 12.3. The molecule has 2 N–H and O–H groups in total. The fourth-order valence-electron chi connectivity index (χ4n) is 1.88. The SMILES string of the molecule is CNc1ccccc1-c1nccn1C[C@@H](C)O. The van der Waals surface area contributed by atoms with Crippen LogP contribution in [0.4, 0.5) is 5.69 Å². The van der Waals surface area contributed by atoms with Crippen molar-refractivity contribution < 1.29 is 5.11 Å². The molecule has 2 rings (SSSR count). The topological polar surface area (TPSA) is 50.1 Å². The lowest BCUT2D eigenvalue weighted by molar-refractivity contribution is 0.174. The molecule has 4 heteroatoms. The normalized spacial score (nSPS) is 12.4. The first-order valence-corrected chi connectivity index (χ1v) is 5.68. The molecule has 1 atom stereocenters. The molecule has 1 aromatic carbocycles. The molecular formula is C13H17N3O. The predicted octanol–water partition coefficient (Wildman–Crippen LogP) is 1.97. The van der Waals surface area contributed by atoms with Crippen molar-refractivity contribution >= 4 is 5.69 Å². The summed E-state index contributed by atoms with van der Waals surface area (Å²) in [4.78, 5) is 4.36. The number of para-hydroxylation sites is 1. The highest BCUT2D eigenvalue weighted by molar-refractivity contribution is 5.73. The minimum absolute atomic E-state index is 0.385. The van der Waals surface area contributed by atoms with Crippen molar-refractivity contribution in [3.63, 3.8) is 0 Å². The Morgan fingerprint density at radius 1 is 1.41 bits per heavy atom. The van der Waals surface area contributed by atoms with Gasteiger partial charge >= 0.3 is 0 Å². The third-order valence-electron chi connectivity index (χ3n) is 2.61. The van der Waals surface area contributed by atoms with E-state index in [0.717, 1.165) is 17.1 Å². The summed E-state index contributed by atoms with van der Waals surface area (Å²) in [5.74, 6) is 0.871. The van der Waals surface area contributed by atoms with E-state index in [2.05, 4.69) is 10.3 Å². The smallest absolute Gasteiger partial charge is 0.142 e. The molecule has 2 aromatic rings. The Balaban J connectivity index is 2.42. The summed E-state index contributed by atoms with van der Waals surface area (Å²) in [6.07, 6.45) is 3.25. The van der Waals surface area contributed by atoms with Gasteiger partial charge in [0.1, 0.15) is 5.82 Å². The average Bonchev–Trinajstić information content (AvgIpc) is 2.76. The van der Waals surface area contributed by atoms with Crippen LogP contribution in [0.15, 0.2) is 36.7 Å². The maximum atomic E-state index is 9.46. The monoisotopic (exact) mass is 231 g/mol. The summed E-state index contributed by atoms with van der Waals surface area (Å²) in [7, 11) is 1.89. The number of aliphatic hydroxyl groups is 1. The number of rotatable bonds is 4. The van der Waals surface area contributed by atoms with E-state index >= 15 is 0 Å². The molecule has 0 amide bonds. The van der Waals surface area contributed by atoms with Gasteiger partial charge in [-0.25, -0.2) is 4.98 Å². The van der Waals surface area contributed by atoms with Crippen molar-refractivity contribution in [1.82, 2.24) is 9.55 Å². The molecule has 0 aliphatic carbocycles. The van der Waals surface area contributed by atoms with E-state index in [1.54, 1.807) is 13.1 Å². The number of nitrogens with zero attached hydrogens (tertiary/aromatic N) is 2. The molecule has 0 bridgehead atoms. The van der Waals surface area contributed by atoms with Crippen LogP contribution >= 0.6 is 0 Å².